The molecule has 3 aliphatic heterocycles. The van der Waals surface area contributed by atoms with Crippen molar-refractivity contribution in [2.75, 3.05) is 11.4 Å². The number of aromatic nitrogens is 2. The molecule has 4 amide bonds. The molecule has 1 spiro atoms. The average Bonchev–Trinajstić information content (AvgIpc) is 3.11. The SMILES string of the molecule is Cc1nc(-c2ccc3c(c2)CC2(C(=O)NC(=O)NC2=O)[C@H]2[C@H](C)O[C@H](C)CN32)no1. The zero-order valence-corrected chi connectivity index (χ0v) is 16.8. The summed E-state index contributed by atoms with van der Waals surface area (Å²) in [7, 11) is 0. The molecule has 3 atom stereocenters. The minimum Gasteiger partial charge on any atom is -0.372 e. The van der Waals surface area contributed by atoms with Crippen molar-refractivity contribution in [3.05, 3.63) is 29.7 Å². The second-order valence-corrected chi connectivity index (χ2v) is 8.12. The number of aryl methyl sites for hydroxylation is 1. The van der Waals surface area contributed by atoms with Crippen LogP contribution in [0.5, 0.6) is 0 Å². The van der Waals surface area contributed by atoms with Crippen LogP contribution in [0.4, 0.5) is 10.5 Å². The van der Waals surface area contributed by atoms with Crippen LogP contribution in [0.2, 0.25) is 0 Å². The van der Waals surface area contributed by atoms with E-state index in [-0.39, 0.29) is 12.5 Å². The van der Waals surface area contributed by atoms with E-state index in [4.69, 9.17) is 9.26 Å². The van der Waals surface area contributed by atoms with Crippen molar-refractivity contribution < 1.29 is 23.6 Å². The third-order valence-corrected chi connectivity index (χ3v) is 6.09. The Labute approximate surface area is 171 Å². The highest BCUT2D eigenvalue weighted by Gasteiger charge is 2.62. The number of imide groups is 2. The summed E-state index contributed by atoms with van der Waals surface area (Å²) in [6.07, 6.45) is -0.359. The smallest absolute Gasteiger partial charge is 0.328 e. The summed E-state index contributed by atoms with van der Waals surface area (Å²) in [5, 5.41) is 8.53. The fourth-order valence-electron chi connectivity index (χ4n) is 5.00. The number of benzene rings is 1. The van der Waals surface area contributed by atoms with Gasteiger partial charge in [-0.25, -0.2) is 4.79 Å². The largest absolute Gasteiger partial charge is 0.372 e. The van der Waals surface area contributed by atoms with E-state index in [1.54, 1.807) is 6.92 Å². The Balaban J connectivity index is 1.68. The van der Waals surface area contributed by atoms with Crippen LogP contribution in [-0.4, -0.2) is 52.8 Å². The number of urea groups is 1. The number of carbonyl (C=O) groups is 3. The number of morpholine rings is 1. The molecule has 5 rings (SSSR count). The second kappa shape index (κ2) is 6.36. The fourth-order valence-corrected chi connectivity index (χ4v) is 5.00. The van der Waals surface area contributed by atoms with Gasteiger partial charge in [-0.1, -0.05) is 5.16 Å². The number of hydrogen-bond donors (Lipinski definition) is 2. The number of ether oxygens (including phenoxy) is 1. The van der Waals surface area contributed by atoms with Crippen LogP contribution in [-0.2, 0) is 20.7 Å². The van der Waals surface area contributed by atoms with Crippen LogP contribution in [0, 0.1) is 12.3 Å². The molecule has 2 saturated heterocycles. The van der Waals surface area contributed by atoms with Crippen LogP contribution < -0.4 is 15.5 Å². The first-order valence-electron chi connectivity index (χ1n) is 9.82. The maximum Gasteiger partial charge on any atom is 0.328 e. The predicted molar refractivity (Wildman–Crippen MR) is 103 cm³/mol. The van der Waals surface area contributed by atoms with Gasteiger partial charge in [0.15, 0.2) is 5.41 Å². The first-order valence-corrected chi connectivity index (χ1v) is 9.82. The first kappa shape index (κ1) is 18.7. The number of carbonyl (C=O) groups excluding carboxylic acids is 3. The third-order valence-electron chi connectivity index (χ3n) is 6.09. The molecule has 0 saturated carbocycles. The van der Waals surface area contributed by atoms with Gasteiger partial charge in [-0.3, -0.25) is 20.2 Å². The monoisotopic (exact) mass is 411 g/mol. The van der Waals surface area contributed by atoms with E-state index in [1.165, 1.54) is 0 Å². The van der Waals surface area contributed by atoms with E-state index >= 15 is 0 Å². The van der Waals surface area contributed by atoms with E-state index in [9.17, 15) is 14.4 Å². The number of nitrogens with one attached hydrogen (secondary N) is 2. The van der Waals surface area contributed by atoms with Crippen LogP contribution in [0.1, 0.15) is 25.3 Å². The standard InChI is InChI=1S/C20H21N5O5/c1-9-8-25-14-5-4-12(16-21-11(3)30-24-16)6-13(14)7-20(15(25)10(2)29-9)17(26)22-19(28)23-18(20)27/h4-6,9-10,15H,7-8H2,1-3H3,(H2,22,23,26,27,28)/t9-,10+,15-/m1/s1. The molecule has 0 bridgehead atoms. The topological polar surface area (TPSA) is 127 Å². The number of rotatable bonds is 1. The van der Waals surface area contributed by atoms with Crippen molar-refractivity contribution >= 4 is 23.5 Å². The van der Waals surface area contributed by atoms with Gasteiger partial charge in [-0.2, -0.15) is 4.98 Å². The molecule has 2 fully saturated rings. The van der Waals surface area contributed by atoms with E-state index in [1.807, 2.05) is 32.0 Å². The lowest BCUT2D eigenvalue weighted by molar-refractivity contribution is -0.153. The minimum absolute atomic E-state index is 0.0878. The zero-order chi connectivity index (χ0) is 21.2. The number of fused-ring (bicyclic) bond motifs is 4. The van der Waals surface area contributed by atoms with Crippen molar-refractivity contribution in [1.82, 2.24) is 20.8 Å². The highest BCUT2D eigenvalue weighted by Crippen LogP contribution is 2.47. The number of nitrogens with zero attached hydrogens (tertiary/aromatic N) is 3. The summed E-state index contributed by atoms with van der Waals surface area (Å²) < 4.78 is 11.1. The molecule has 156 valence electrons. The Bertz CT molecular complexity index is 1060. The number of barbiturate groups is 1. The van der Waals surface area contributed by atoms with Crippen LogP contribution in [0.3, 0.4) is 0 Å². The molecule has 1 aromatic carbocycles. The van der Waals surface area contributed by atoms with Gasteiger partial charge < -0.3 is 14.2 Å². The first-order chi connectivity index (χ1) is 14.3. The Morgan fingerprint density at radius 2 is 1.90 bits per heavy atom. The lowest BCUT2D eigenvalue weighted by atomic mass is 9.66. The molecule has 0 aliphatic carbocycles. The summed E-state index contributed by atoms with van der Waals surface area (Å²) in [6, 6.07) is 4.37. The lowest BCUT2D eigenvalue weighted by Crippen LogP contribution is -2.75. The van der Waals surface area contributed by atoms with Crippen molar-refractivity contribution in [3.63, 3.8) is 0 Å². The molecule has 4 heterocycles. The molecule has 2 aromatic rings. The number of amides is 4. The molecule has 30 heavy (non-hydrogen) atoms. The third kappa shape index (κ3) is 2.56. The van der Waals surface area contributed by atoms with Gasteiger partial charge in [0, 0.05) is 24.7 Å². The van der Waals surface area contributed by atoms with Crippen molar-refractivity contribution in [2.45, 2.75) is 45.4 Å². The maximum absolute atomic E-state index is 13.1. The summed E-state index contributed by atoms with van der Waals surface area (Å²) in [6.45, 7) is 6.03. The fraction of sp³-hybridized carbons (Fsp3) is 0.450. The second-order valence-electron chi connectivity index (χ2n) is 8.12. The normalized spacial score (nSPS) is 27.4. The van der Waals surface area contributed by atoms with E-state index in [0.717, 1.165) is 16.8 Å². The average molecular weight is 411 g/mol. The molecule has 1 aromatic heterocycles. The van der Waals surface area contributed by atoms with Gasteiger partial charge in [0.1, 0.15) is 0 Å². The molecular formula is C20H21N5O5. The predicted octanol–water partition coefficient (Wildman–Crippen LogP) is 0.936. The maximum atomic E-state index is 13.1. The van der Waals surface area contributed by atoms with Crippen molar-refractivity contribution in [3.8, 4) is 11.4 Å². The highest BCUT2D eigenvalue weighted by molar-refractivity contribution is 6.20. The summed E-state index contributed by atoms with van der Waals surface area (Å²) in [4.78, 5) is 44.3. The van der Waals surface area contributed by atoms with Crippen molar-refractivity contribution in [2.24, 2.45) is 5.41 Å². The van der Waals surface area contributed by atoms with Gasteiger partial charge in [-0.15, -0.1) is 0 Å². The lowest BCUT2D eigenvalue weighted by Gasteiger charge is -2.55. The molecule has 2 N–H and O–H groups in total. The van der Waals surface area contributed by atoms with E-state index in [0.29, 0.717) is 18.3 Å². The van der Waals surface area contributed by atoms with Crippen molar-refractivity contribution in [1.29, 1.82) is 0 Å². The van der Waals surface area contributed by atoms with Gasteiger partial charge in [0.05, 0.1) is 18.2 Å². The minimum atomic E-state index is -1.49. The summed E-state index contributed by atoms with van der Waals surface area (Å²) in [5.74, 6) is -0.340. The van der Waals surface area contributed by atoms with Gasteiger partial charge in [-0.05, 0) is 44.0 Å². The molecule has 10 heteroatoms. The summed E-state index contributed by atoms with van der Waals surface area (Å²) in [5.41, 5.74) is 0.953. The zero-order valence-electron chi connectivity index (χ0n) is 16.8. The number of anilines is 1. The number of hydrogen-bond acceptors (Lipinski definition) is 8. The van der Waals surface area contributed by atoms with Crippen LogP contribution >= 0.6 is 0 Å². The Kier molecular flexibility index (Phi) is 3.97. The molecule has 3 aliphatic rings. The van der Waals surface area contributed by atoms with E-state index < -0.39 is 35.4 Å². The van der Waals surface area contributed by atoms with Crippen LogP contribution in [0.25, 0.3) is 11.4 Å². The van der Waals surface area contributed by atoms with Gasteiger partial charge >= 0.3 is 6.03 Å². The Morgan fingerprint density at radius 1 is 1.17 bits per heavy atom. The Hall–Kier alpha value is -3.27. The molecule has 10 nitrogen and oxygen atoms in total. The van der Waals surface area contributed by atoms with Gasteiger partial charge in [0.2, 0.25) is 23.5 Å². The Morgan fingerprint density at radius 3 is 2.57 bits per heavy atom. The molecule has 0 radical (unpaired) electrons. The molecular weight excluding hydrogens is 390 g/mol. The quantitative estimate of drug-likeness (QED) is 0.664. The van der Waals surface area contributed by atoms with Gasteiger partial charge in [0.25, 0.3) is 0 Å². The summed E-state index contributed by atoms with van der Waals surface area (Å²) >= 11 is 0. The van der Waals surface area contributed by atoms with E-state index in [2.05, 4.69) is 25.7 Å². The highest BCUT2D eigenvalue weighted by atomic mass is 16.5. The molecule has 0 unspecified atom stereocenters. The van der Waals surface area contributed by atoms with Crippen LogP contribution in [0.15, 0.2) is 22.7 Å².